The number of hydrogen-bond donors (Lipinski definition) is 1. The second kappa shape index (κ2) is 15.4. The van der Waals surface area contributed by atoms with Crippen molar-refractivity contribution in [1.29, 1.82) is 0 Å². The number of amides is 2. The molecular weight excluding hydrogens is 629 g/mol. The lowest BCUT2D eigenvalue weighted by molar-refractivity contribution is -0.140. The molecule has 0 fully saturated rings. The Kier molecular flexibility index (Phi) is 11.7. The van der Waals surface area contributed by atoms with Gasteiger partial charge in [-0.05, 0) is 78.9 Å². The number of sulfonamides is 1. The molecule has 7 nitrogen and oxygen atoms in total. The molecular formula is C35H37Cl2N3O4S. The fourth-order valence-corrected chi connectivity index (χ4v) is 6.84. The van der Waals surface area contributed by atoms with Gasteiger partial charge in [-0.2, -0.15) is 0 Å². The van der Waals surface area contributed by atoms with E-state index in [2.05, 4.69) is 5.32 Å². The smallest absolute Gasteiger partial charge is 0.264 e. The van der Waals surface area contributed by atoms with Gasteiger partial charge in [0.05, 0.1) is 20.6 Å². The molecule has 45 heavy (non-hydrogen) atoms. The van der Waals surface area contributed by atoms with Crippen molar-refractivity contribution >= 4 is 50.7 Å². The van der Waals surface area contributed by atoms with Gasteiger partial charge >= 0.3 is 0 Å². The lowest BCUT2D eigenvalue weighted by atomic mass is 10.0. The Morgan fingerprint density at radius 1 is 0.800 bits per heavy atom. The molecule has 0 aliphatic heterocycles. The van der Waals surface area contributed by atoms with Crippen molar-refractivity contribution in [3.05, 3.63) is 129 Å². The molecule has 10 heteroatoms. The Morgan fingerprint density at radius 3 is 2.02 bits per heavy atom. The fraction of sp³-hybridized carbons (Fsp3) is 0.257. The van der Waals surface area contributed by atoms with Crippen LogP contribution in [0.1, 0.15) is 35.6 Å². The molecule has 2 amide bonds. The third kappa shape index (κ3) is 8.87. The molecule has 0 saturated carbocycles. The number of nitrogens with zero attached hydrogens (tertiary/aromatic N) is 2. The van der Waals surface area contributed by atoms with Crippen LogP contribution in [0.5, 0.6) is 0 Å². The van der Waals surface area contributed by atoms with Crippen LogP contribution >= 0.6 is 23.2 Å². The number of carbonyl (C=O) groups is 2. The first-order valence-corrected chi connectivity index (χ1v) is 16.9. The van der Waals surface area contributed by atoms with Gasteiger partial charge in [-0.25, -0.2) is 8.42 Å². The summed E-state index contributed by atoms with van der Waals surface area (Å²) in [6, 6.07) is 26.9. The predicted octanol–water partition coefficient (Wildman–Crippen LogP) is 6.97. The number of hydrogen-bond acceptors (Lipinski definition) is 4. The van der Waals surface area contributed by atoms with Crippen molar-refractivity contribution in [3.8, 4) is 0 Å². The summed E-state index contributed by atoms with van der Waals surface area (Å²) in [4.78, 5) is 29.8. The van der Waals surface area contributed by atoms with E-state index < -0.39 is 28.5 Å². The number of rotatable bonds is 13. The van der Waals surface area contributed by atoms with Crippen molar-refractivity contribution in [1.82, 2.24) is 10.2 Å². The molecule has 0 saturated heterocycles. The summed E-state index contributed by atoms with van der Waals surface area (Å²) >= 11 is 12.5. The van der Waals surface area contributed by atoms with E-state index in [1.807, 2.05) is 57.2 Å². The topological polar surface area (TPSA) is 86.8 Å². The Morgan fingerprint density at radius 2 is 1.42 bits per heavy atom. The van der Waals surface area contributed by atoms with Crippen LogP contribution in [0.2, 0.25) is 10.0 Å². The van der Waals surface area contributed by atoms with Crippen LogP contribution in [-0.2, 0) is 32.6 Å². The highest BCUT2D eigenvalue weighted by atomic mass is 35.5. The van der Waals surface area contributed by atoms with Crippen LogP contribution in [0.15, 0.2) is 102 Å². The molecule has 0 aromatic heterocycles. The van der Waals surface area contributed by atoms with E-state index in [-0.39, 0.29) is 23.8 Å². The van der Waals surface area contributed by atoms with E-state index in [0.29, 0.717) is 34.3 Å². The average Bonchev–Trinajstić information content (AvgIpc) is 3.02. The van der Waals surface area contributed by atoms with Gasteiger partial charge in [0.2, 0.25) is 11.8 Å². The second-order valence-electron chi connectivity index (χ2n) is 10.9. The van der Waals surface area contributed by atoms with E-state index >= 15 is 0 Å². The summed E-state index contributed by atoms with van der Waals surface area (Å²) in [7, 11) is -4.17. The average molecular weight is 667 g/mol. The molecule has 0 aliphatic rings. The van der Waals surface area contributed by atoms with Gasteiger partial charge in [0.15, 0.2) is 0 Å². The third-order valence-electron chi connectivity index (χ3n) is 7.26. The van der Waals surface area contributed by atoms with Crippen molar-refractivity contribution in [2.45, 2.75) is 51.1 Å². The largest absolute Gasteiger partial charge is 0.354 e. The molecule has 0 aliphatic carbocycles. The Balaban J connectivity index is 1.82. The molecule has 0 bridgehead atoms. The SMILES string of the molecule is CCCNC(=O)C(Cc1ccccc1)N(Cc1ccc(Cl)c(Cl)c1)C(=O)CN(c1cc(C)cc(C)c1)S(=O)(=O)c1ccccc1. The summed E-state index contributed by atoms with van der Waals surface area (Å²) in [6.07, 6.45) is 0.929. The van der Waals surface area contributed by atoms with Gasteiger partial charge in [-0.3, -0.25) is 13.9 Å². The lowest BCUT2D eigenvalue weighted by Crippen LogP contribution is -2.53. The maximum Gasteiger partial charge on any atom is 0.264 e. The van der Waals surface area contributed by atoms with Crippen LogP contribution < -0.4 is 9.62 Å². The Hall–Kier alpha value is -3.85. The number of anilines is 1. The molecule has 4 rings (SSSR count). The highest BCUT2D eigenvalue weighted by Gasteiger charge is 2.34. The number of nitrogens with one attached hydrogen (secondary N) is 1. The second-order valence-corrected chi connectivity index (χ2v) is 13.6. The molecule has 0 spiro atoms. The lowest BCUT2D eigenvalue weighted by Gasteiger charge is -2.34. The standard InChI is InChI=1S/C35H37Cl2N3O4S/c1-4-17-38-35(42)33(22-27-11-7-5-8-12-27)39(23-28-15-16-31(36)32(37)21-28)34(41)24-40(29-19-25(2)18-26(3)20-29)45(43,44)30-13-9-6-10-14-30/h5-16,18-21,33H,4,17,22-24H2,1-3H3,(H,38,42). The first kappa shape index (κ1) is 34.0. The van der Waals surface area contributed by atoms with Crippen molar-refractivity contribution in [3.63, 3.8) is 0 Å². The monoisotopic (exact) mass is 665 g/mol. The predicted molar refractivity (Wildman–Crippen MR) is 181 cm³/mol. The van der Waals surface area contributed by atoms with Crippen LogP contribution in [0.4, 0.5) is 5.69 Å². The molecule has 0 radical (unpaired) electrons. The van der Waals surface area contributed by atoms with E-state index in [1.165, 1.54) is 17.0 Å². The van der Waals surface area contributed by atoms with Crippen LogP contribution in [0.25, 0.3) is 0 Å². The van der Waals surface area contributed by atoms with E-state index in [9.17, 15) is 18.0 Å². The van der Waals surface area contributed by atoms with Crippen LogP contribution in [0.3, 0.4) is 0 Å². The molecule has 1 N–H and O–H groups in total. The first-order valence-electron chi connectivity index (χ1n) is 14.7. The minimum atomic E-state index is -4.17. The minimum absolute atomic E-state index is 0.00115. The number of halogens is 2. The summed E-state index contributed by atoms with van der Waals surface area (Å²) < 4.78 is 29.4. The molecule has 4 aromatic rings. The summed E-state index contributed by atoms with van der Waals surface area (Å²) in [5.41, 5.74) is 3.54. The van der Waals surface area contributed by atoms with Gasteiger partial charge in [-0.1, -0.05) is 90.8 Å². The maximum atomic E-state index is 14.5. The van der Waals surface area contributed by atoms with Crippen molar-refractivity contribution in [2.24, 2.45) is 0 Å². The molecule has 1 unspecified atom stereocenters. The maximum absolute atomic E-state index is 14.5. The zero-order valence-electron chi connectivity index (χ0n) is 25.5. The summed E-state index contributed by atoms with van der Waals surface area (Å²) in [6.45, 7) is 5.58. The van der Waals surface area contributed by atoms with Gasteiger partial charge < -0.3 is 10.2 Å². The normalized spacial score (nSPS) is 11.9. The highest BCUT2D eigenvalue weighted by Crippen LogP contribution is 2.28. The Bertz CT molecular complexity index is 1710. The van der Waals surface area contributed by atoms with Gasteiger partial charge in [0, 0.05) is 19.5 Å². The zero-order valence-corrected chi connectivity index (χ0v) is 27.9. The van der Waals surface area contributed by atoms with Crippen LogP contribution in [-0.4, -0.2) is 44.3 Å². The number of carbonyl (C=O) groups excluding carboxylic acids is 2. The quantitative estimate of drug-likeness (QED) is 0.167. The minimum Gasteiger partial charge on any atom is -0.354 e. The summed E-state index contributed by atoms with van der Waals surface area (Å²) in [5, 5.41) is 3.60. The van der Waals surface area contributed by atoms with Crippen molar-refractivity contribution in [2.75, 3.05) is 17.4 Å². The zero-order chi connectivity index (χ0) is 32.6. The van der Waals surface area contributed by atoms with E-state index in [4.69, 9.17) is 23.2 Å². The fourth-order valence-electron chi connectivity index (χ4n) is 5.10. The molecule has 236 valence electrons. The van der Waals surface area contributed by atoms with Gasteiger partial charge in [-0.15, -0.1) is 0 Å². The van der Waals surface area contributed by atoms with Gasteiger partial charge in [0.1, 0.15) is 12.6 Å². The van der Waals surface area contributed by atoms with E-state index in [1.54, 1.807) is 48.5 Å². The first-order chi connectivity index (χ1) is 21.5. The molecule has 1 atom stereocenters. The summed E-state index contributed by atoms with van der Waals surface area (Å²) in [5.74, 6) is -0.884. The third-order valence-corrected chi connectivity index (χ3v) is 9.79. The highest BCUT2D eigenvalue weighted by molar-refractivity contribution is 7.92. The Labute approximate surface area is 275 Å². The van der Waals surface area contributed by atoms with Crippen LogP contribution in [0, 0.1) is 13.8 Å². The molecule has 0 heterocycles. The van der Waals surface area contributed by atoms with Crippen molar-refractivity contribution < 1.29 is 18.0 Å². The molecule has 4 aromatic carbocycles. The number of aryl methyl sites for hydroxylation is 2. The van der Waals surface area contributed by atoms with E-state index in [0.717, 1.165) is 21.0 Å². The van der Waals surface area contributed by atoms with Gasteiger partial charge in [0.25, 0.3) is 10.0 Å². The number of benzene rings is 4.